The topological polar surface area (TPSA) is 72.4 Å². The normalized spacial score (nSPS) is 13.7. The molecular formula is C17H17Cl2N3O3S. The summed E-state index contributed by atoms with van der Waals surface area (Å²) in [6, 6.07) is 1.75. The molecular weight excluding hydrogens is 397 g/mol. The highest BCUT2D eigenvalue weighted by atomic mass is 35.5. The first-order valence-electron chi connectivity index (χ1n) is 8.25. The van der Waals surface area contributed by atoms with Crippen molar-refractivity contribution in [1.29, 1.82) is 0 Å². The molecule has 6 nitrogen and oxygen atoms in total. The molecule has 0 unspecified atom stereocenters. The number of esters is 1. The Morgan fingerprint density at radius 1 is 1.42 bits per heavy atom. The molecule has 0 aliphatic carbocycles. The summed E-state index contributed by atoms with van der Waals surface area (Å²) in [7, 11) is 0. The Kier molecular flexibility index (Phi) is 6.11. The van der Waals surface area contributed by atoms with Crippen molar-refractivity contribution in [2.45, 2.75) is 26.2 Å². The number of hydrogen-bond acceptors (Lipinski definition) is 6. The summed E-state index contributed by atoms with van der Waals surface area (Å²) >= 11 is 13.5. The molecule has 0 aromatic carbocycles. The van der Waals surface area contributed by atoms with E-state index < -0.39 is 0 Å². The Balaban J connectivity index is 1.75. The molecule has 138 valence electrons. The summed E-state index contributed by atoms with van der Waals surface area (Å²) in [5, 5.41) is 0.468. The lowest BCUT2D eigenvalue weighted by Crippen LogP contribution is -2.40. The maximum absolute atomic E-state index is 12.7. The molecule has 3 rings (SSSR count). The summed E-state index contributed by atoms with van der Waals surface area (Å²) < 4.78 is 5.15. The van der Waals surface area contributed by atoms with Crippen LogP contribution in [-0.2, 0) is 16.0 Å². The fourth-order valence-electron chi connectivity index (χ4n) is 2.62. The molecule has 2 aromatic rings. The van der Waals surface area contributed by atoms with E-state index in [1.807, 2.05) is 6.92 Å². The second kappa shape index (κ2) is 8.33. The van der Waals surface area contributed by atoms with Crippen molar-refractivity contribution >= 4 is 46.4 Å². The average molecular weight is 414 g/mol. The predicted molar refractivity (Wildman–Crippen MR) is 101 cm³/mol. The molecule has 0 radical (unpaired) electrons. The highest BCUT2D eigenvalue weighted by molar-refractivity contribution is 7.16. The maximum atomic E-state index is 12.7. The van der Waals surface area contributed by atoms with E-state index in [1.54, 1.807) is 6.07 Å². The van der Waals surface area contributed by atoms with Crippen molar-refractivity contribution in [2.24, 2.45) is 0 Å². The molecule has 1 aliphatic rings. The van der Waals surface area contributed by atoms with E-state index in [9.17, 15) is 9.59 Å². The average Bonchev–Trinajstić information content (AvgIpc) is 3.05. The van der Waals surface area contributed by atoms with Crippen LogP contribution in [-0.4, -0.2) is 46.4 Å². The third-order valence-electron chi connectivity index (χ3n) is 3.96. The van der Waals surface area contributed by atoms with Gasteiger partial charge in [0.1, 0.15) is 12.2 Å². The predicted octanol–water partition coefficient (Wildman–Crippen LogP) is 3.85. The number of halogens is 2. The molecule has 9 heteroatoms. The number of thiophene rings is 1. The van der Waals surface area contributed by atoms with Gasteiger partial charge in [-0.1, -0.05) is 24.9 Å². The van der Waals surface area contributed by atoms with E-state index in [0.717, 1.165) is 22.6 Å². The van der Waals surface area contributed by atoms with Crippen LogP contribution in [0.5, 0.6) is 0 Å². The first kappa shape index (κ1) is 19.1. The number of unbranched alkanes of at least 4 members (excludes halogenated alkanes) is 1. The van der Waals surface area contributed by atoms with Gasteiger partial charge in [-0.15, -0.1) is 11.3 Å². The Hall–Kier alpha value is -1.70. The number of hydrogen-bond donors (Lipinski definition) is 0. The molecule has 1 amide bonds. The molecule has 3 heterocycles. The molecule has 26 heavy (non-hydrogen) atoms. The summed E-state index contributed by atoms with van der Waals surface area (Å²) in [4.78, 5) is 35.8. The van der Waals surface area contributed by atoms with Gasteiger partial charge in [0, 0.05) is 17.8 Å². The largest absolute Gasteiger partial charge is 0.464 e. The van der Waals surface area contributed by atoms with Crippen LogP contribution in [0.25, 0.3) is 10.6 Å². The lowest BCUT2D eigenvalue weighted by Gasteiger charge is -2.25. The number of rotatable bonds is 6. The number of fused-ring (bicyclic) bond motifs is 1. The molecule has 0 atom stereocenters. The van der Waals surface area contributed by atoms with Crippen molar-refractivity contribution in [3.63, 3.8) is 0 Å². The minimum absolute atomic E-state index is 0.0345. The van der Waals surface area contributed by atoms with Gasteiger partial charge in [-0.2, -0.15) is 0 Å². The monoisotopic (exact) mass is 413 g/mol. The zero-order valence-corrected chi connectivity index (χ0v) is 16.5. The Morgan fingerprint density at radius 3 is 3.00 bits per heavy atom. The van der Waals surface area contributed by atoms with Gasteiger partial charge in [-0.3, -0.25) is 9.59 Å². The molecule has 0 fully saturated rings. The van der Waals surface area contributed by atoms with E-state index in [2.05, 4.69) is 9.97 Å². The van der Waals surface area contributed by atoms with Crippen LogP contribution in [0.3, 0.4) is 0 Å². The number of nitrogens with zero attached hydrogens (tertiary/aromatic N) is 3. The van der Waals surface area contributed by atoms with Gasteiger partial charge < -0.3 is 9.64 Å². The van der Waals surface area contributed by atoms with Crippen molar-refractivity contribution in [3.8, 4) is 10.6 Å². The molecule has 0 saturated carbocycles. The van der Waals surface area contributed by atoms with Crippen LogP contribution in [0.1, 0.15) is 35.0 Å². The standard InChI is InChI=1S/C17H17Cl2N3O3S/c1-2-3-6-25-14(23)9-22-5-4-12-10(16(22)24)7-13(26-12)15-11(18)8-20-17(19)21-15/h7-8H,2-6,9H2,1H3. The summed E-state index contributed by atoms with van der Waals surface area (Å²) in [6.07, 6.45) is 3.88. The molecule has 0 saturated heterocycles. The number of carbonyl (C=O) groups is 2. The van der Waals surface area contributed by atoms with E-state index in [0.29, 0.717) is 35.9 Å². The van der Waals surface area contributed by atoms with Gasteiger partial charge in [0.2, 0.25) is 5.28 Å². The van der Waals surface area contributed by atoms with E-state index >= 15 is 0 Å². The zero-order chi connectivity index (χ0) is 18.7. The Morgan fingerprint density at radius 2 is 2.23 bits per heavy atom. The number of aromatic nitrogens is 2. The second-order valence-corrected chi connectivity index (χ2v) is 7.72. The fraction of sp³-hybridized carbons (Fsp3) is 0.412. The second-order valence-electron chi connectivity index (χ2n) is 5.83. The molecule has 0 N–H and O–H groups in total. The van der Waals surface area contributed by atoms with Crippen molar-refractivity contribution in [1.82, 2.24) is 14.9 Å². The molecule has 1 aliphatic heterocycles. The van der Waals surface area contributed by atoms with Crippen LogP contribution >= 0.6 is 34.5 Å². The Labute approximate surface area is 165 Å². The quantitative estimate of drug-likeness (QED) is 0.408. The van der Waals surface area contributed by atoms with Crippen molar-refractivity contribution < 1.29 is 14.3 Å². The van der Waals surface area contributed by atoms with E-state index in [-0.39, 0.29) is 23.7 Å². The number of amides is 1. The molecule has 0 spiro atoms. The third kappa shape index (κ3) is 4.16. The molecule has 0 bridgehead atoms. The van der Waals surface area contributed by atoms with Gasteiger partial charge in [-0.05, 0) is 24.1 Å². The number of ether oxygens (including phenoxy) is 1. The van der Waals surface area contributed by atoms with Gasteiger partial charge in [0.15, 0.2) is 0 Å². The van der Waals surface area contributed by atoms with E-state index in [4.69, 9.17) is 27.9 Å². The minimum Gasteiger partial charge on any atom is -0.464 e. The van der Waals surface area contributed by atoms with E-state index in [1.165, 1.54) is 22.4 Å². The Bertz CT molecular complexity index is 841. The SMILES string of the molecule is CCCCOC(=O)CN1CCc2sc(-c3nc(Cl)ncc3Cl)cc2C1=O. The first-order valence-corrected chi connectivity index (χ1v) is 9.83. The summed E-state index contributed by atoms with van der Waals surface area (Å²) in [5.74, 6) is -0.561. The smallest absolute Gasteiger partial charge is 0.325 e. The lowest BCUT2D eigenvalue weighted by molar-refractivity contribution is -0.144. The van der Waals surface area contributed by atoms with Crippen molar-refractivity contribution in [2.75, 3.05) is 19.7 Å². The van der Waals surface area contributed by atoms with Gasteiger partial charge in [0.25, 0.3) is 5.91 Å². The van der Waals surface area contributed by atoms with Gasteiger partial charge in [-0.25, -0.2) is 9.97 Å². The van der Waals surface area contributed by atoms with Crippen LogP contribution in [0.15, 0.2) is 12.3 Å². The van der Waals surface area contributed by atoms with Crippen LogP contribution < -0.4 is 0 Å². The zero-order valence-electron chi connectivity index (χ0n) is 14.1. The summed E-state index contributed by atoms with van der Waals surface area (Å²) in [5.41, 5.74) is 1.08. The van der Waals surface area contributed by atoms with Crippen LogP contribution in [0.2, 0.25) is 10.3 Å². The maximum Gasteiger partial charge on any atom is 0.325 e. The minimum atomic E-state index is -0.378. The van der Waals surface area contributed by atoms with Gasteiger partial charge in [0.05, 0.1) is 28.3 Å². The van der Waals surface area contributed by atoms with Crippen LogP contribution in [0.4, 0.5) is 0 Å². The lowest BCUT2D eigenvalue weighted by atomic mass is 10.1. The number of carbonyl (C=O) groups excluding carboxylic acids is 2. The highest BCUT2D eigenvalue weighted by Crippen LogP contribution is 2.36. The van der Waals surface area contributed by atoms with Crippen LogP contribution in [0, 0.1) is 0 Å². The highest BCUT2D eigenvalue weighted by Gasteiger charge is 2.29. The molecule has 2 aromatic heterocycles. The fourth-order valence-corrected chi connectivity index (χ4v) is 4.15. The third-order valence-corrected chi connectivity index (χ3v) is 5.62. The van der Waals surface area contributed by atoms with Crippen molar-refractivity contribution in [3.05, 3.63) is 33.0 Å². The summed E-state index contributed by atoms with van der Waals surface area (Å²) in [6.45, 7) is 2.85. The first-order chi connectivity index (χ1) is 12.5. The van der Waals surface area contributed by atoms with Gasteiger partial charge >= 0.3 is 5.97 Å².